The van der Waals surface area contributed by atoms with Crippen LogP contribution >= 0.6 is 0 Å². The van der Waals surface area contributed by atoms with E-state index >= 15 is 8.78 Å². The Morgan fingerprint density at radius 2 is 1.74 bits per heavy atom. The number of sulfone groups is 1. The van der Waals surface area contributed by atoms with Crippen LogP contribution in [0.15, 0.2) is 11.2 Å². The zero-order valence-electron chi connectivity index (χ0n) is 23.4. The average Bonchev–Trinajstić information content (AvgIpc) is 3.22. The van der Waals surface area contributed by atoms with Gasteiger partial charge in [-0.1, -0.05) is 20.8 Å². The normalized spacial score (nSPS) is 27.7. The fraction of sp³-hybridized carbons (Fsp3) is 0.760. The monoisotopic (exact) mass is 632 g/mol. The predicted octanol–water partition coefficient (Wildman–Crippen LogP) is 1.96. The van der Waals surface area contributed by atoms with Gasteiger partial charge in [-0.25, -0.2) is 17.2 Å². The minimum absolute atomic E-state index is 0.00808. The van der Waals surface area contributed by atoms with E-state index in [-0.39, 0.29) is 32.2 Å². The lowest BCUT2D eigenvalue weighted by Crippen LogP contribution is -2.71. The lowest BCUT2D eigenvalue weighted by atomic mass is 9.70. The number of rotatable bonds is 8. The maximum atomic E-state index is 15.1. The molecule has 3 aliphatic heterocycles. The number of carbonyl (C=O) groups excluding carboxylic acids is 4. The Morgan fingerprint density at radius 3 is 2.21 bits per heavy atom. The van der Waals surface area contributed by atoms with Crippen LogP contribution in [0.25, 0.3) is 0 Å². The smallest absolute Gasteiger partial charge is 0.356 e. The second-order valence-corrected chi connectivity index (χ2v) is 14.1. The van der Waals surface area contributed by atoms with Crippen molar-refractivity contribution in [3.63, 3.8) is 0 Å². The molecule has 0 spiro atoms. The van der Waals surface area contributed by atoms with Gasteiger partial charge in [0.25, 0.3) is 5.92 Å². The zero-order valence-corrected chi connectivity index (χ0v) is 24.2. The summed E-state index contributed by atoms with van der Waals surface area (Å²) < 4.78 is 107. The molecule has 1 saturated carbocycles. The molecule has 238 valence electrons. The average molecular weight is 633 g/mol. The van der Waals surface area contributed by atoms with Crippen LogP contribution in [0.1, 0.15) is 52.9 Å². The number of alkyl halides is 5. The first-order chi connectivity index (χ1) is 19.0. The van der Waals surface area contributed by atoms with Gasteiger partial charge in [0.1, 0.15) is 12.1 Å². The molecule has 2 bridgehead atoms. The highest BCUT2D eigenvalue weighted by molar-refractivity contribution is 7.94. The topological polar surface area (TPSA) is 142 Å². The SMILES string of the molecule is CC(C)(C)[C@@H](NC(=O)C(F)(F)F)C(=O)N1[C@@H]2CC[C@H]([C@H]1C(=O)N[C@@H](/C=C(/F)S(C)(=O)=O)C[C@H]1CCNC1=O)C(F)(F)C2. The molecule has 0 aromatic carbocycles. The van der Waals surface area contributed by atoms with E-state index < -0.39 is 98.6 Å². The molecule has 17 heteroatoms. The summed E-state index contributed by atoms with van der Waals surface area (Å²) in [6, 6.07) is -6.56. The Hall–Kier alpha value is -2.85. The van der Waals surface area contributed by atoms with Crippen LogP contribution in [-0.4, -0.2) is 86.0 Å². The van der Waals surface area contributed by atoms with Crippen molar-refractivity contribution in [3.8, 4) is 0 Å². The molecule has 4 amide bonds. The van der Waals surface area contributed by atoms with Crippen LogP contribution in [-0.2, 0) is 29.0 Å². The van der Waals surface area contributed by atoms with Gasteiger partial charge < -0.3 is 20.9 Å². The summed E-state index contributed by atoms with van der Waals surface area (Å²) in [6.45, 7) is 4.31. The molecule has 6 atom stereocenters. The van der Waals surface area contributed by atoms with Gasteiger partial charge in [0.2, 0.25) is 32.7 Å². The van der Waals surface area contributed by atoms with E-state index in [1.165, 1.54) is 20.8 Å². The lowest BCUT2D eigenvalue weighted by Gasteiger charge is -2.55. The molecule has 0 aromatic heterocycles. The van der Waals surface area contributed by atoms with Crippen LogP contribution in [0.3, 0.4) is 0 Å². The highest BCUT2D eigenvalue weighted by atomic mass is 32.2. The Labute approximate surface area is 238 Å². The van der Waals surface area contributed by atoms with E-state index in [2.05, 4.69) is 10.6 Å². The fourth-order valence-electron chi connectivity index (χ4n) is 5.73. The van der Waals surface area contributed by atoms with Crippen molar-refractivity contribution in [2.45, 2.75) is 89.1 Å². The molecule has 4 fully saturated rings. The standard InChI is InChI=1S/C25H34F6N4O6S/c1-23(2,3)18(34-22(39)25(29,30)31)21(38)35-14-5-6-15(24(27,28)11-14)17(35)20(37)33-13(10-16(26)42(4,40)41)9-12-7-8-32-19(12)36/h10,12-15,17-18H,5-9,11H2,1-4H3,(H,32,36)(H,33,37)(H,34,39)/b16-10-/t12-,13-,14-,15-,17+,18+/m1/s1. The Morgan fingerprint density at radius 1 is 1.12 bits per heavy atom. The molecule has 10 nitrogen and oxygen atoms in total. The summed E-state index contributed by atoms with van der Waals surface area (Å²) in [4.78, 5) is 52.0. The van der Waals surface area contributed by atoms with Crippen molar-refractivity contribution >= 4 is 33.5 Å². The molecule has 4 rings (SSSR count). The van der Waals surface area contributed by atoms with E-state index in [1.54, 1.807) is 5.32 Å². The summed E-state index contributed by atoms with van der Waals surface area (Å²) in [5, 5.41) is 4.81. The van der Waals surface area contributed by atoms with E-state index in [9.17, 15) is 45.2 Å². The van der Waals surface area contributed by atoms with Gasteiger partial charge in [-0.15, -0.1) is 0 Å². The van der Waals surface area contributed by atoms with Crippen LogP contribution in [0.5, 0.6) is 0 Å². The Bertz CT molecular complexity index is 1250. The van der Waals surface area contributed by atoms with Crippen LogP contribution in [0.2, 0.25) is 0 Å². The summed E-state index contributed by atoms with van der Waals surface area (Å²) in [6.07, 6.45) is -5.38. The van der Waals surface area contributed by atoms with Crippen LogP contribution in [0, 0.1) is 17.3 Å². The number of amides is 4. The number of halogens is 6. The number of nitrogens with zero attached hydrogens (tertiary/aromatic N) is 1. The fourth-order valence-corrected chi connectivity index (χ4v) is 6.14. The molecule has 0 radical (unpaired) electrons. The second-order valence-electron chi connectivity index (χ2n) is 12.1. The molecule has 0 aromatic rings. The maximum Gasteiger partial charge on any atom is 0.471 e. The maximum absolute atomic E-state index is 15.1. The third-order valence-electron chi connectivity index (χ3n) is 7.82. The number of fused-ring (bicyclic) bond motifs is 3. The van der Waals surface area contributed by atoms with Gasteiger partial charge in [-0.2, -0.15) is 17.6 Å². The Kier molecular flexibility index (Phi) is 9.36. The van der Waals surface area contributed by atoms with Crippen molar-refractivity contribution < 1.29 is 53.9 Å². The molecule has 42 heavy (non-hydrogen) atoms. The van der Waals surface area contributed by atoms with Crippen molar-refractivity contribution in [1.82, 2.24) is 20.9 Å². The highest BCUT2D eigenvalue weighted by Gasteiger charge is 2.61. The molecule has 3 saturated heterocycles. The third kappa shape index (κ3) is 7.37. The van der Waals surface area contributed by atoms with Gasteiger partial charge in [0, 0.05) is 31.2 Å². The van der Waals surface area contributed by atoms with E-state index in [4.69, 9.17) is 0 Å². The van der Waals surface area contributed by atoms with Crippen molar-refractivity contribution in [3.05, 3.63) is 11.2 Å². The first kappa shape index (κ1) is 33.6. The van der Waals surface area contributed by atoms with Gasteiger partial charge in [-0.3, -0.25) is 19.2 Å². The molecule has 3 N–H and O–H groups in total. The number of carbonyl (C=O) groups is 4. The van der Waals surface area contributed by atoms with Crippen LogP contribution in [0.4, 0.5) is 26.3 Å². The highest BCUT2D eigenvalue weighted by Crippen LogP contribution is 2.49. The van der Waals surface area contributed by atoms with Gasteiger partial charge >= 0.3 is 12.1 Å². The van der Waals surface area contributed by atoms with Gasteiger partial charge in [0.15, 0.2) is 0 Å². The summed E-state index contributed by atoms with van der Waals surface area (Å²) in [5.74, 6) is -11.3. The molecular formula is C25H34F6N4O6S. The van der Waals surface area contributed by atoms with E-state index in [0.717, 1.165) is 4.90 Å². The van der Waals surface area contributed by atoms with Gasteiger partial charge in [-0.05, 0) is 37.2 Å². The lowest BCUT2D eigenvalue weighted by molar-refractivity contribution is -0.197. The predicted molar refractivity (Wildman–Crippen MR) is 136 cm³/mol. The zero-order chi connectivity index (χ0) is 32.0. The first-order valence-corrected chi connectivity index (χ1v) is 15.2. The number of piperidine rings is 2. The first-order valence-electron chi connectivity index (χ1n) is 13.3. The van der Waals surface area contributed by atoms with E-state index in [0.29, 0.717) is 12.3 Å². The largest absolute Gasteiger partial charge is 0.471 e. The van der Waals surface area contributed by atoms with Gasteiger partial charge in [0.05, 0.1) is 12.0 Å². The molecular weight excluding hydrogens is 598 g/mol. The Balaban J connectivity index is 2.00. The third-order valence-corrected chi connectivity index (χ3v) is 8.66. The van der Waals surface area contributed by atoms with Crippen molar-refractivity contribution in [2.75, 3.05) is 12.8 Å². The summed E-state index contributed by atoms with van der Waals surface area (Å²) in [7, 11) is -4.38. The summed E-state index contributed by atoms with van der Waals surface area (Å²) >= 11 is 0. The number of hydrogen-bond acceptors (Lipinski definition) is 6. The van der Waals surface area contributed by atoms with Crippen molar-refractivity contribution in [1.29, 1.82) is 0 Å². The minimum Gasteiger partial charge on any atom is -0.356 e. The molecule has 0 unspecified atom stereocenters. The minimum atomic E-state index is -5.36. The second kappa shape index (κ2) is 11.7. The van der Waals surface area contributed by atoms with Crippen molar-refractivity contribution in [2.24, 2.45) is 17.3 Å². The summed E-state index contributed by atoms with van der Waals surface area (Å²) in [5.41, 5.74) is -1.35. The quantitative estimate of drug-likeness (QED) is 0.350. The molecule has 1 aliphatic carbocycles. The molecule has 3 heterocycles. The number of nitrogens with one attached hydrogen (secondary N) is 3. The van der Waals surface area contributed by atoms with E-state index in [1.807, 2.05) is 0 Å². The molecule has 4 aliphatic rings. The number of hydrogen-bond donors (Lipinski definition) is 3. The van der Waals surface area contributed by atoms with Crippen LogP contribution < -0.4 is 16.0 Å².